The second kappa shape index (κ2) is 9.75. The largest absolute Gasteiger partial charge is 0.338 e. The van der Waals surface area contributed by atoms with Gasteiger partial charge >= 0.3 is 0 Å². The van der Waals surface area contributed by atoms with Gasteiger partial charge in [-0.2, -0.15) is 5.26 Å². The van der Waals surface area contributed by atoms with Gasteiger partial charge in [0, 0.05) is 25.2 Å². The van der Waals surface area contributed by atoms with Crippen molar-refractivity contribution >= 4 is 39.8 Å². The van der Waals surface area contributed by atoms with Crippen LogP contribution < -0.4 is 0 Å². The molecule has 1 saturated carbocycles. The highest BCUT2D eigenvalue weighted by Crippen LogP contribution is 2.36. The maximum absolute atomic E-state index is 9.27. The number of nitrogens with zero attached hydrogens (tertiary/aromatic N) is 3. The van der Waals surface area contributed by atoms with Gasteiger partial charge in [-0.3, -0.25) is 0 Å². The fourth-order valence-electron chi connectivity index (χ4n) is 5.15. The van der Waals surface area contributed by atoms with E-state index in [1.54, 1.807) is 0 Å². The Kier molecular flexibility index (Phi) is 6.31. The van der Waals surface area contributed by atoms with Gasteiger partial charge < -0.3 is 9.88 Å². The van der Waals surface area contributed by atoms with Crippen LogP contribution in [0.25, 0.3) is 27.7 Å². The number of fused-ring (bicyclic) bond motifs is 1. The molecule has 1 saturated heterocycles. The number of nitrogens with one attached hydrogen (secondary N) is 1. The predicted molar refractivity (Wildman–Crippen MR) is 147 cm³/mol. The SMILES string of the molecule is N#Cc1cccc(-c2ccc(C(=C3CCN(CC4CC4)CC3)c3nc4cc(Cl)c(Cl)cc4[nH]3)cc2)c1. The zero-order valence-corrected chi connectivity index (χ0v) is 21.4. The van der Waals surface area contributed by atoms with Crippen LogP contribution in [0, 0.1) is 17.2 Å². The van der Waals surface area contributed by atoms with Gasteiger partial charge in [0.15, 0.2) is 0 Å². The number of nitriles is 1. The van der Waals surface area contributed by atoms with Crippen LogP contribution in [0.2, 0.25) is 10.0 Å². The first-order valence-corrected chi connectivity index (χ1v) is 13.2. The summed E-state index contributed by atoms with van der Waals surface area (Å²) in [7, 11) is 0. The van der Waals surface area contributed by atoms with E-state index in [2.05, 4.69) is 40.2 Å². The van der Waals surface area contributed by atoms with E-state index in [0.717, 1.165) is 65.4 Å². The van der Waals surface area contributed by atoms with E-state index in [1.165, 1.54) is 30.5 Å². The molecule has 2 heterocycles. The predicted octanol–water partition coefficient (Wildman–Crippen LogP) is 7.72. The second-order valence-corrected chi connectivity index (χ2v) is 10.7. The van der Waals surface area contributed by atoms with Gasteiger partial charge in [0.25, 0.3) is 0 Å². The summed E-state index contributed by atoms with van der Waals surface area (Å²) in [6.45, 7) is 3.42. The van der Waals surface area contributed by atoms with Crippen LogP contribution in [-0.4, -0.2) is 34.5 Å². The van der Waals surface area contributed by atoms with Crippen molar-refractivity contribution < 1.29 is 0 Å². The first kappa shape index (κ1) is 23.3. The van der Waals surface area contributed by atoms with E-state index < -0.39 is 0 Å². The van der Waals surface area contributed by atoms with Crippen LogP contribution in [0.4, 0.5) is 0 Å². The Bertz CT molecular complexity index is 1460. The zero-order valence-electron chi connectivity index (χ0n) is 19.9. The third-order valence-electron chi connectivity index (χ3n) is 7.29. The number of halogens is 2. The van der Waals surface area contributed by atoms with Crippen molar-refractivity contribution in [1.29, 1.82) is 5.26 Å². The van der Waals surface area contributed by atoms with Crippen molar-refractivity contribution in [3.05, 3.63) is 93.2 Å². The monoisotopic (exact) mass is 512 g/mol. The number of aromatic nitrogens is 2. The molecule has 180 valence electrons. The first-order valence-electron chi connectivity index (χ1n) is 12.5. The Morgan fingerprint density at radius 3 is 2.44 bits per heavy atom. The molecule has 0 amide bonds. The van der Waals surface area contributed by atoms with Crippen LogP contribution in [0.5, 0.6) is 0 Å². The fraction of sp³-hybridized carbons (Fsp3) is 0.267. The molecule has 1 aromatic heterocycles. The van der Waals surface area contributed by atoms with Crippen molar-refractivity contribution in [1.82, 2.24) is 14.9 Å². The van der Waals surface area contributed by atoms with E-state index in [0.29, 0.717) is 15.6 Å². The molecule has 36 heavy (non-hydrogen) atoms. The van der Waals surface area contributed by atoms with Gasteiger partial charge in [0.2, 0.25) is 0 Å². The summed E-state index contributed by atoms with van der Waals surface area (Å²) < 4.78 is 0. The highest BCUT2D eigenvalue weighted by atomic mass is 35.5. The maximum Gasteiger partial charge on any atom is 0.139 e. The molecule has 4 nitrogen and oxygen atoms in total. The molecule has 2 aliphatic rings. The van der Waals surface area contributed by atoms with Gasteiger partial charge in [-0.15, -0.1) is 0 Å². The van der Waals surface area contributed by atoms with E-state index in [9.17, 15) is 5.26 Å². The topological polar surface area (TPSA) is 55.7 Å². The number of hydrogen-bond donors (Lipinski definition) is 1. The van der Waals surface area contributed by atoms with Gasteiger partial charge in [0.1, 0.15) is 5.82 Å². The number of hydrogen-bond acceptors (Lipinski definition) is 3. The van der Waals surface area contributed by atoms with Gasteiger partial charge in [-0.1, -0.05) is 65.2 Å². The molecule has 6 rings (SSSR count). The molecular weight excluding hydrogens is 487 g/mol. The van der Waals surface area contributed by atoms with Crippen molar-refractivity contribution in [3.8, 4) is 17.2 Å². The quantitative estimate of drug-likeness (QED) is 0.297. The summed E-state index contributed by atoms with van der Waals surface area (Å²) in [5, 5.41) is 10.3. The van der Waals surface area contributed by atoms with Crippen LogP contribution in [-0.2, 0) is 0 Å². The summed E-state index contributed by atoms with van der Waals surface area (Å²) in [5.41, 5.74) is 8.22. The van der Waals surface area contributed by atoms with Crippen molar-refractivity contribution in [2.24, 2.45) is 5.92 Å². The van der Waals surface area contributed by atoms with Crippen LogP contribution >= 0.6 is 23.2 Å². The number of piperidine rings is 1. The average molecular weight is 513 g/mol. The molecule has 0 spiro atoms. The highest BCUT2D eigenvalue weighted by Gasteiger charge is 2.27. The summed E-state index contributed by atoms with van der Waals surface area (Å²) in [5.74, 6) is 1.76. The number of imidazole rings is 1. The maximum atomic E-state index is 9.27. The Morgan fingerprint density at radius 1 is 0.972 bits per heavy atom. The Balaban J connectivity index is 1.38. The summed E-state index contributed by atoms with van der Waals surface area (Å²) in [6.07, 6.45) is 4.84. The lowest BCUT2D eigenvalue weighted by Gasteiger charge is -2.29. The van der Waals surface area contributed by atoms with Gasteiger partial charge in [-0.05, 0) is 72.6 Å². The molecule has 1 aliphatic heterocycles. The lowest BCUT2D eigenvalue weighted by molar-refractivity contribution is 0.247. The molecule has 4 aromatic rings. The number of aromatic amines is 1. The smallest absolute Gasteiger partial charge is 0.139 e. The molecule has 0 radical (unpaired) electrons. The van der Waals surface area contributed by atoms with Crippen molar-refractivity contribution in [2.45, 2.75) is 25.7 Å². The average Bonchev–Trinajstić information content (AvgIpc) is 3.64. The van der Waals surface area contributed by atoms with E-state index in [-0.39, 0.29) is 0 Å². The zero-order chi connectivity index (χ0) is 24.6. The van der Waals surface area contributed by atoms with Crippen molar-refractivity contribution in [2.75, 3.05) is 19.6 Å². The second-order valence-electron chi connectivity index (χ2n) is 9.86. The molecule has 0 unspecified atom stereocenters. The Hall–Kier alpha value is -3.10. The standard InChI is InChI=1S/C30H26Cl2N4/c31-25-15-27-28(16-26(25)32)35-30(34-27)29(23-10-12-36(13-11-23)18-19-4-5-19)22-8-6-21(7-9-22)24-3-1-2-20(14-24)17-33/h1-3,6-9,14-16,19H,4-5,10-13,18H2,(H,34,35). The lowest BCUT2D eigenvalue weighted by Crippen LogP contribution is -2.32. The molecule has 1 aliphatic carbocycles. The molecule has 3 aromatic carbocycles. The summed E-state index contributed by atoms with van der Waals surface area (Å²) >= 11 is 12.6. The molecule has 1 N–H and O–H groups in total. The molecule has 6 heteroatoms. The molecule has 0 atom stereocenters. The third-order valence-corrected chi connectivity index (χ3v) is 8.01. The van der Waals surface area contributed by atoms with E-state index in [1.807, 2.05) is 36.4 Å². The van der Waals surface area contributed by atoms with Crippen molar-refractivity contribution in [3.63, 3.8) is 0 Å². The molecular formula is C30H26Cl2N4. The Morgan fingerprint density at radius 2 is 1.72 bits per heavy atom. The third kappa shape index (κ3) is 4.80. The minimum absolute atomic E-state index is 0.508. The van der Waals surface area contributed by atoms with Crippen LogP contribution in [0.1, 0.15) is 42.6 Å². The number of likely N-dealkylation sites (tertiary alicyclic amines) is 1. The van der Waals surface area contributed by atoms with Crippen LogP contribution in [0.3, 0.4) is 0 Å². The lowest BCUT2D eigenvalue weighted by atomic mass is 9.91. The minimum Gasteiger partial charge on any atom is -0.338 e. The first-order chi connectivity index (χ1) is 17.6. The fourth-order valence-corrected chi connectivity index (χ4v) is 5.47. The number of rotatable bonds is 5. The molecule has 0 bridgehead atoms. The van der Waals surface area contributed by atoms with E-state index >= 15 is 0 Å². The van der Waals surface area contributed by atoms with E-state index in [4.69, 9.17) is 28.2 Å². The number of H-pyrrole nitrogens is 1. The van der Waals surface area contributed by atoms with Gasteiger partial charge in [-0.25, -0.2) is 4.98 Å². The number of benzene rings is 3. The summed E-state index contributed by atoms with van der Waals surface area (Å²) in [4.78, 5) is 11.1. The van der Waals surface area contributed by atoms with Gasteiger partial charge in [0.05, 0.1) is 32.7 Å². The highest BCUT2D eigenvalue weighted by molar-refractivity contribution is 6.42. The summed E-state index contributed by atoms with van der Waals surface area (Å²) in [6, 6.07) is 22.2. The Labute approximate surface area is 221 Å². The minimum atomic E-state index is 0.508. The normalized spacial score (nSPS) is 16.3. The molecule has 2 fully saturated rings. The van der Waals surface area contributed by atoms with Crippen LogP contribution in [0.15, 0.2) is 66.2 Å².